The van der Waals surface area contributed by atoms with Crippen molar-refractivity contribution in [3.05, 3.63) is 35.0 Å². The van der Waals surface area contributed by atoms with Crippen molar-refractivity contribution in [2.75, 3.05) is 6.61 Å². The van der Waals surface area contributed by atoms with E-state index in [2.05, 4.69) is 0 Å². The Morgan fingerprint density at radius 1 is 1.37 bits per heavy atom. The summed E-state index contributed by atoms with van der Waals surface area (Å²) in [4.78, 5) is 22.7. The maximum absolute atomic E-state index is 11.6. The Hall–Kier alpha value is -2.10. The van der Waals surface area contributed by atoms with E-state index in [0.717, 1.165) is 28.3 Å². The quantitative estimate of drug-likeness (QED) is 0.626. The number of carbonyl (C=O) groups is 2. The summed E-state index contributed by atoms with van der Waals surface area (Å²) in [5.41, 5.74) is 3.65. The molecule has 0 aliphatic carbocycles. The summed E-state index contributed by atoms with van der Waals surface area (Å²) >= 11 is 0. The Kier molecular flexibility index (Phi) is 3.69. The van der Waals surface area contributed by atoms with Crippen LogP contribution < -0.4 is 0 Å². The van der Waals surface area contributed by atoms with Gasteiger partial charge in [-0.15, -0.1) is 0 Å². The lowest BCUT2D eigenvalue weighted by Crippen LogP contribution is -2.12. The minimum atomic E-state index is -0.295. The fourth-order valence-corrected chi connectivity index (χ4v) is 2.42. The number of ether oxygens (including phenoxy) is 1. The van der Waals surface area contributed by atoms with E-state index in [1.165, 1.54) is 0 Å². The van der Waals surface area contributed by atoms with Gasteiger partial charge < -0.3 is 9.30 Å². The standard InChI is InChI=1S/C15H17NO3/c1-4-19-14(18)8-16-7-12(9-17)15-11(3)5-10(2)6-13(15)16/h5-7,9H,4,8H2,1-3H3. The van der Waals surface area contributed by atoms with Crippen LogP contribution in [-0.2, 0) is 16.1 Å². The molecule has 0 atom stereocenters. The molecule has 0 N–H and O–H groups in total. The number of fused-ring (bicyclic) bond motifs is 1. The van der Waals surface area contributed by atoms with Gasteiger partial charge in [0.05, 0.1) is 6.61 Å². The van der Waals surface area contributed by atoms with Crippen LogP contribution in [-0.4, -0.2) is 23.4 Å². The normalized spacial score (nSPS) is 10.7. The number of benzene rings is 1. The third kappa shape index (κ3) is 2.52. The molecule has 4 heteroatoms. The van der Waals surface area contributed by atoms with Crippen molar-refractivity contribution in [1.29, 1.82) is 0 Å². The van der Waals surface area contributed by atoms with Gasteiger partial charge in [-0.05, 0) is 38.0 Å². The first-order chi connectivity index (χ1) is 9.06. The number of carbonyl (C=O) groups excluding carboxylic acids is 2. The highest BCUT2D eigenvalue weighted by Gasteiger charge is 2.13. The number of hydrogen-bond acceptors (Lipinski definition) is 3. The fourth-order valence-electron chi connectivity index (χ4n) is 2.42. The van der Waals surface area contributed by atoms with Crippen molar-refractivity contribution in [3.8, 4) is 0 Å². The molecular weight excluding hydrogens is 242 g/mol. The van der Waals surface area contributed by atoms with Gasteiger partial charge in [-0.1, -0.05) is 6.07 Å². The Morgan fingerprint density at radius 3 is 2.74 bits per heavy atom. The van der Waals surface area contributed by atoms with Gasteiger partial charge in [0, 0.05) is 22.7 Å². The molecular formula is C15H17NO3. The Balaban J connectivity index is 2.55. The molecule has 0 unspecified atom stereocenters. The number of esters is 1. The second-order valence-corrected chi connectivity index (χ2v) is 4.61. The van der Waals surface area contributed by atoms with Crippen LogP contribution in [0.25, 0.3) is 10.9 Å². The van der Waals surface area contributed by atoms with Crippen LogP contribution in [0.3, 0.4) is 0 Å². The average molecular weight is 259 g/mol. The predicted octanol–water partition coefficient (Wildman–Crippen LogP) is 2.63. The zero-order valence-corrected chi connectivity index (χ0v) is 11.4. The van der Waals surface area contributed by atoms with Gasteiger partial charge in [-0.25, -0.2) is 0 Å². The first kappa shape index (κ1) is 13.3. The molecule has 4 nitrogen and oxygen atoms in total. The van der Waals surface area contributed by atoms with E-state index < -0.39 is 0 Å². The number of hydrogen-bond donors (Lipinski definition) is 0. The molecule has 2 aromatic rings. The molecule has 100 valence electrons. The highest BCUT2D eigenvalue weighted by molar-refractivity contribution is 6.00. The van der Waals surface area contributed by atoms with Gasteiger partial charge >= 0.3 is 5.97 Å². The summed E-state index contributed by atoms with van der Waals surface area (Å²) < 4.78 is 6.72. The lowest BCUT2D eigenvalue weighted by Gasteiger charge is -2.06. The number of aryl methyl sites for hydroxylation is 2. The van der Waals surface area contributed by atoms with Gasteiger partial charge in [0.15, 0.2) is 6.29 Å². The van der Waals surface area contributed by atoms with Crippen LogP contribution in [0.1, 0.15) is 28.4 Å². The molecule has 1 aromatic heterocycles. The Labute approximate surface area is 112 Å². The van der Waals surface area contributed by atoms with Crippen molar-refractivity contribution in [3.63, 3.8) is 0 Å². The molecule has 1 heterocycles. The van der Waals surface area contributed by atoms with Crippen molar-refractivity contribution in [1.82, 2.24) is 4.57 Å². The molecule has 0 aliphatic heterocycles. The summed E-state index contributed by atoms with van der Waals surface area (Å²) in [5, 5.41) is 0.907. The molecule has 0 spiro atoms. The topological polar surface area (TPSA) is 48.3 Å². The van der Waals surface area contributed by atoms with Gasteiger partial charge in [-0.3, -0.25) is 9.59 Å². The first-order valence-electron chi connectivity index (χ1n) is 6.27. The molecule has 0 radical (unpaired) electrons. The number of aldehydes is 1. The van der Waals surface area contributed by atoms with Gasteiger partial charge in [0.25, 0.3) is 0 Å². The van der Waals surface area contributed by atoms with Crippen LogP contribution in [0.4, 0.5) is 0 Å². The molecule has 0 saturated heterocycles. The number of aromatic nitrogens is 1. The molecule has 2 rings (SSSR count). The van der Waals surface area contributed by atoms with Gasteiger partial charge in [-0.2, -0.15) is 0 Å². The van der Waals surface area contributed by atoms with Gasteiger partial charge in [0.2, 0.25) is 0 Å². The van der Waals surface area contributed by atoms with E-state index in [-0.39, 0.29) is 12.5 Å². The van der Waals surface area contributed by atoms with Crippen molar-refractivity contribution in [2.24, 2.45) is 0 Å². The van der Waals surface area contributed by atoms with Crippen molar-refractivity contribution < 1.29 is 14.3 Å². The first-order valence-corrected chi connectivity index (χ1v) is 6.27. The highest BCUT2D eigenvalue weighted by Crippen LogP contribution is 2.25. The largest absolute Gasteiger partial charge is 0.465 e. The molecule has 1 aromatic carbocycles. The third-order valence-electron chi connectivity index (χ3n) is 3.08. The minimum Gasteiger partial charge on any atom is -0.465 e. The summed E-state index contributed by atoms with van der Waals surface area (Å²) in [6.45, 7) is 6.22. The summed E-state index contributed by atoms with van der Waals surface area (Å²) in [6.07, 6.45) is 2.54. The molecule has 0 aliphatic rings. The number of nitrogens with zero attached hydrogens (tertiary/aromatic N) is 1. The third-order valence-corrected chi connectivity index (χ3v) is 3.08. The average Bonchev–Trinajstić information content (AvgIpc) is 2.68. The lowest BCUT2D eigenvalue weighted by molar-refractivity contribution is -0.143. The lowest BCUT2D eigenvalue weighted by atomic mass is 10.1. The van der Waals surface area contributed by atoms with E-state index in [9.17, 15) is 9.59 Å². The second kappa shape index (κ2) is 5.26. The zero-order chi connectivity index (χ0) is 14.0. The van der Waals surface area contributed by atoms with Crippen LogP contribution in [0.15, 0.2) is 18.3 Å². The molecule has 0 amide bonds. The van der Waals surface area contributed by atoms with Crippen molar-refractivity contribution in [2.45, 2.75) is 27.3 Å². The molecule has 19 heavy (non-hydrogen) atoms. The van der Waals surface area contributed by atoms with Crippen LogP contribution in [0.2, 0.25) is 0 Å². The molecule has 0 bridgehead atoms. The van der Waals surface area contributed by atoms with E-state index in [1.54, 1.807) is 17.7 Å². The second-order valence-electron chi connectivity index (χ2n) is 4.61. The van der Waals surface area contributed by atoms with Crippen molar-refractivity contribution >= 4 is 23.2 Å². The smallest absolute Gasteiger partial charge is 0.325 e. The molecule has 0 saturated carbocycles. The maximum Gasteiger partial charge on any atom is 0.325 e. The van der Waals surface area contributed by atoms with Crippen LogP contribution in [0.5, 0.6) is 0 Å². The van der Waals surface area contributed by atoms with E-state index >= 15 is 0 Å². The van der Waals surface area contributed by atoms with Crippen LogP contribution >= 0.6 is 0 Å². The predicted molar refractivity (Wildman–Crippen MR) is 73.4 cm³/mol. The Morgan fingerprint density at radius 2 is 2.11 bits per heavy atom. The summed E-state index contributed by atoms with van der Waals surface area (Å²) in [5.74, 6) is -0.295. The Bertz CT molecular complexity index is 640. The molecule has 0 fully saturated rings. The van der Waals surface area contributed by atoms with E-state index in [4.69, 9.17) is 4.74 Å². The van der Waals surface area contributed by atoms with E-state index in [1.807, 2.05) is 26.0 Å². The summed E-state index contributed by atoms with van der Waals surface area (Å²) in [6, 6.07) is 4.01. The monoisotopic (exact) mass is 259 g/mol. The fraction of sp³-hybridized carbons (Fsp3) is 0.333. The van der Waals surface area contributed by atoms with Crippen LogP contribution in [0, 0.1) is 13.8 Å². The van der Waals surface area contributed by atoms with E-state index in [0.29, 0.717) is 12.2 Å². The maximum atomic E-state index is 11.6. The number of rotatable bonds is 4. The summed E-state index contributed by atoms with van der Waals surface area (Å²) in [7, 11) is 0. The zero-order valence-electron chi connectivity index (χ0n) is 11.4. The van der Waals surface area contributed by atoms with Gasteiger partial charge in [0.1, 0.15) is 6.54 Å². The minimum absolute atomic E-state index is 0.126. The highest BCUT2D eigenvalue weighted by atomic mass is 16.5. The SMILES string of the molecule is CCOC(=O)Cn1cc(C=O)c2c(C)cc(C)cc21.